The number of fused-ring (bicyclic) bond motifs is 3. The van der Waals surface area contributed by atoms with Gasteiger partial charge in [0.25, 0.3) is 0 Å². The maximum atomic E-state index is 15.0. The highest BCUT2D eigenvalue weighted by molar-refractivity contribution is 6.74. The van der Waals surface area contributed by atoms with Gasteiger partial charge in [0.2, 0.25) is 5.91 Å². The SMILES string of the molecule is CC[C@@H]1/C=C(\C)C[C@H](C)CC(OC)[C@H]2O[C@](O)(CC(=O)N3CCCC[C@H]3C(=O)O[C@H](/C(C)=C/C3CC[C@@H](O[Si](C)(C)C(C)(C)C)[C@H](OC)C3)[C@@H](C)[C@@H](O[Si](C)(C)C(C)(C)C)CC1=O)[C@H](C)C[C@@H]2OC. The topological polar surface area (TPSA) is 139 Å². The normalized spacial score (nSPS) is 37.0. The lowest BCUT2D eigenvalue weighted by atomic mass is 9.81. The zero-order valence-electron chi connectivity index (χ0n) is 46.8. The molecule has 12 nitrogen and oxygen atoms in total. The van der Waals surface area contributed by atoms with Crippen LogP contribution in [-0.2, 0) is 46.9 Å². The van der Waals surface area contributed by atoms with Crippen LogP contribution in [0.25, 0.3) is 0 Å². The summed E-state index contributed by atoms with van der Waals surface area (Å²) >= 11 is 0. The Morgan fingerprint density at radius 1 is 0.812 bits per heavy atom. The summed E-state index contributed by atoms with van der Waals surface area (Å²) in [6, 6.07) is -0.861. The minimum absolute atomic E-state index is 0.00356. The first-order valence-electron chi connectivity index (χ1n) is 26.6. The molecule has 2 bridgehead atoms. The molecule has 4 aliphatic rings. The fourth-order valence-corrected chi connectivity index (χ4v) is 13.6. The summed E-state index contributed by atoms with van der Waals surface area (Å²) in [5.74, 6) is -3.46. The van der Waals surface area contributed by atoms with Gasteiger partial charge >= 0.3 is 5.97 Å². The molecule has 14 heteroatoms. The maximum Gasteiger partial charge on any atom is 0.329 e. The third-order valence-corrected chi connectivity index (χ3v) is 26.4. The van der Waals surface area contributed by atoms with Gasteiger partial charge in [-0.1, -0.05) is 87.0 Å². The van der Waals surface area contributed by atoms with E-state index in [4.69, 9.17) is 32.5 Å². The van der Waals surface area contributed by atoms with Crippen LogP contribution >= 0.6 is 0 Å². The first-order chi connectivity index (χ1) is 31.9. The van der Waals surface area contributed by atoms with Crippen molar-refractivity contribution in [2.45, 2.75) is 251 Å². The lowest BCUT2D eigenvalue weighted by molar-refractivity contribution is -0.321. The molecule has 0 spiro atoms. The van der Waals surface area contributed by atoms with Crippen LogP contribution in [0.15, 0.2) is 23.3 Å². The minimum Gasteiger partial charge on any atom is -0.456 e. The standard InChI is InChI=1S/C55H99NO11Si2/c1-20-41-28-35(2)27-36(3)29-47(62-14)51-48(63-15)31-38(5)55(60,65-51)34-49(58)56-26-22-21-23-42(56)52(59)64-50(39(6)45(33-43(41)57)67-69(18,19)54(10,11)12)37(4)30-40-24-25-44(46(32-40)61-13)66-68(16,17)53(7,8)9/h28,30,36,38-42,44-48,50-51,60H,20-27,29,31-34H2,1-19H3/b35-28+,37-30+/t36-,38+,39-,40?,41+,42-,44+,45-,46+,47?,48-,50+,51+,55+/m0/s1. The Morgan fingerprint density at radius 3 is 1.96 bits per heavy atom. The van der Waals surface area contributed by atoms with E-state index in [1.165, 1.54) is 0 Å². The summed E-state index contributed by atoms with van der Waals surface area (Å²) in [6.07, 6.45) is 8.26. The lowest BCUT2D eigenvalue weighted by Gasteiger charge is -2.48. The zero-order valence-corrected chi connectivity index (χ0v) is 48.8. The molecular weight excluding hydrogens is 907 g/mol. The number of hydrogen-bond acceptors (Lipinski definition) is 11. The van der Waals surface area contributed by atoms with Gasteiger partial charge in [-0.2, -0.15) is 0 Å². The van der Waals surface area contributed by atoms with E-state index in [0.29, 0.717) is 32.2 Å². The summed E-state index contributed by atoms with van der Waals surface area (Å²) in [6.45, 7) is 35.1. The molecule has 0 aromatic heterocycles. The number of nitrogens with zero attached hydrogens (tertiary/aromatic N) is 1. The van der Waals surface area contributed by atoms with E-state index >= 15 is 4.79 Å². The number of ether oxygens (including phenoxy) is 5. The smallest absolute Gasteiger partial charge is 0.329 e. The van der Waals surface area contributed by atoms with Crippen LogP contribution in [0.2, 0.25) is 36.3 Å². The highest BCUT2D eigenvalue weighted by Gasteiger charge is 2.52. The molecule has 0 aromatic rings. The molecule has 1 amide bonds. The Labute approximate surface area is 421 Å². The molecule has 69 heavy (non-hydrogen) atoms. The number of aliphatic hydroxyl groups is 1. The van der Waals surface area contributed by atoms with Crippen LogP contribution in [0, 0.1) is 29.6 Å². The van der Waals surface area contributed by atoms with Crippen molar-refractivity contribution in [3.8, 4) is 0 Å². The van der Waals surface area contributed by atoms with E-state index in [1.807, 2.05) is 13.8 Å². The third-order valence-electron chi connectivity index (χ3n) is 17.4. The first-order valence-corrected chi connectivity index (χ1v) is 32.5. The number of amides is 1. The molecule has 4 rings (SSSR count). The van der Waals surface area contributed by atoms with Crippen molar-refractivity contribution in [1.82, 2.24) is 4.90 Å². The monoisotopic (exact) mass is 1010 g/mol. The van der Waals surface area contributed by atoms with E-state index in [-0.39, 0.29) is 70.7 Å². The highest BCUT2D eigenvalue weighted by atomic mass is 28.4. The summed E-state index contributed by atoms with van der Waals surface area (Å²) in [5.41, 5.74) is 2.01. The van der Waals surface area contributed by atoms with Crippen molar-refractivity contribution >= 4 is 34.3 Å². The molecule has 2 unspecified atom stereocenters. The molecule has 1 aliphatic carbocycles. The van der Waals surface area contributed by atoms with Gasteiger partial charge in [-0.25, -0.2) is 4.79 Å². The van der Waals surface area contributed by atoms with E-state index < -0.39 is 70.7 Å². The number of carbonyl (C=O) groups is 3. The van der Waals surface area contributed by atoms with E-state index in [0.717, 1.165) is 49.7 Å². The average molecular weight is 1010 g/mol. The minimum atomic E-state index is -2.49. The molecule has 3 fully saturated rings. The second kappa shape index (κ2) is 24.5. The van der Waals surface area contributed by atoms with Crippen molar-refractivity contribution in [2.24, 2.45) is 29.6 Å². The van der Waals surface area contributed by atoms with Crippen LogP contribution < -0.4 is 0 Å². The van der Waals surface area contributed by atoms with Gasteiger partial charge in [0.05, 0.1) is 36.9 Å². The maximum absolute atomic E-state index is 15.0. The number of ketones is 1. The van der Waals surface area contributed by atoms with Crippen molar-refractivity contribution in [2.75, 3.05) is 27.9 Å². The Balaban J connectivity index is 1.84. The van der Waals surface area contributed by atoms with Gasteiger partial charge in [0, 0.05) is 52.0 Å². The van der Waals surface area contributed by atoms with Gasteiger partial charge in [-0.05, 0) is 132 Å². The number of cyclic esters (lactones) is 1. The van der Waals surface area contributed by atoms with Gasteiger partial charge < -0.3 is 42.5 Å². The molecule has 1 N–H and O–H groups in total. The van der Waals surface area contributed by atoms with Crippen molar-refractivity contribution in [3.05, 3.63) is 23.3 Å². The van der Waals surface area contributed by atoms with Gasteiger partial charge in [0.1, 0.15) is 24.0 Å². The number of Topliss-reactive ketones (excluding diaryl/α,β-unsaturated/α-hetero) is 1. The molecule has 14 atom stereocenters. The summed E-state index contributed by atoms with van der Waals surface area (Å²) in [5, 5.41) is 12.3. The summed E-state index contributed by atoms with van der Waals surface area (Å²) < 4.78 is 45.9. The molecule has 0 radical (unpaired) electrons. The highest BCUT2D eigenvalue weighted by Crippen LogP contribution is 2.44. The largest absolute Gasteiger partial charge is 0.456 e. The van der Waals surface area contributed by atoms with Gasteiger partial charge in [0.15, 0.2) is 22.4 Å². The first kappa shape index (κ1) is 59.8. The van der Waals surface area contributed by atoms with Gasteiger partial charge in [-0.15, -0.1) is 0 Å². The number of rotatable bonds is 10. The molecule has 1 saturated carbocycles. The van der Waals surface area contributed by atoms with Gasteiger partial charge in [-0.3, -0.25) is 9.59 Å². The molecule has 2 saturated heterocycles. The van der Waals surface area contributed by atoms with Crippen LogP contribution in [0.4, 0.5) is 0 Å². The number of piperidine rings is 1. The quantitative estimate of drug-likeness (QED) is 0.127. The summed E-state index contributed by atoms with van der Waals surface area (Å²) in [7, 11) is 0.516. The van der Waals surface area contributed by atoms with E-state index in [1.54, 1.807) is 26.2 Å². The Bertz CT molecular complexity index is 1770. The molecule has 0 aromatic carbocycles. The van der Waals surface area contributed by atoms with Crippen molar-refractivity contribution in [3.63, 3.8) is 0 Å². The van der Waals surface area contributed by atoms with Crippen LogP contribution in [0.5, 0.6) is 0 Å². The lowest BCUT2D eigenvalue weighted by Crippen LogP contribution is -2.59. The second-order valence-corrected chi connectivity index (χ2v) is 34.5. The van der Waals surface area contributed by atoms with E-state index in [2.05, 4.69) is 108 Å². The fourth-order valence-electron chi connectivity index (χ4n) is 10.8. The van der Waals surface area contributed by atoms with Crippen molar-refractivity contribution < 1.29 is 52.0 Å². The van der Waals surface area contributed by atoms with Crippen LogP contribution in [-0.4, -0.2) is 127 Å². The van der Waals surface area contributed by atoms with Crippen LogP contribution in [0.3, 0.4) is 0 Å². The Hall–Kier alpha value is -1.76. The fraction of sp³-hybridized carbons (Fsp3) is 0.873. The third kappa shape index (κ3) is 15.2. The number of hydrogen-bond donors (Lipinski definition) is 1. The number of carbonyl (C=O) groups excluding carboxylic acids is 3. The molecule has 3 aliphatic heterocycles. The Morgan fingerprint density at radius 2 is 1.39 bits per heavy atom. The Kier molecular flexibility index (Phi) is 21.2. The molecule has 3 heterocycles. The average Bonchev–Trinajstić information content (AvgIpc) is 3.25. The van der Waals surface area contributed by atoms with Crippen molar-refractivity contribution in [1.29, 1.82) is 0 Å². The number of esters is 1. The summed E-state index contributed by atoms with van der Waals surface area (Å²) in [4.78, 5) is 46.1. The predicted octanol–water partition coefficient (Wildman–Crippen LogP) is 11.4. The number of allylic oxidation sites excluding steroid dienone is 3. The zero-order chi connectivity index (χ0) is 52.0. The second-order valence-electron chi connectivity index (χ2n) is 24.9. The van der Waals surface area contributed by atoms with E-state index in [9.17, 15) is 14.7 Å². The molecule has 398 valence electrons. The predicted molar refractivity (Wildman–Crippen MR) is 280 cm³/mol. The van der Waals surface area contributed by atoms with Crippen LogP contribution in [0.1, 0.15) is 160 Å². The molecular formula is C55H99NO11Si2. The number of methoxy groups -OCH3 is 3.